The first-order chi connectivity index (χ1) is 6.52. The van der Waals surface area contributed by atoms with Gasteiger partial charge in [0.25, 0.3) is 0 Å². The number of aliphatic carboxylic acids is 1. The van der Waals surface area contributed by atoms with Gasteiger partial charge in [0, 0.05) is 11.6 Å². The Kier molecular flexibility index (Phi) is 3.49. The fraction of sp³-hybridized carbons (Fsp3) is 0.222. The molecule has 1 aromatic carbocycles. The quantitative estimate of drug-likeness (QED) is 0.771. The molecule has 0 aliphatic rings. The summed E-state index contributed by atoms with van der Waals surface area (Å²) >= 11 is 3.13. The van der Waals surface area contributed by atoms with Gasteiger partial charge in [0.15, 0.2) is 0 Å². The summed E-state index contributed by atoms with van der Waals surface area (Å²) < 4.78 is 0.510. The predicted octanol–water partition coefficient (Wildman–Crippen LogP) is 1.63. The minimum Gasteiger partial charge on any atom is -0.506 e. The van der Waals surface area contributed by atoms with Gasteiger partial charge in [-0.2, -0.15) is 0 Å². The van der Waals surface area contributed by atoms with Crippen molar-refractivity contribution in [3.05, 3.63) is 28.2 Å². The molecule has 0 bridgehead atoms. The van der Waals surface area contributed by atoms with E-state index in [-0.39, 0.29) is 12.2 Å². The summed E-state index contributed by atoms with van der Waals surface area (Å²) in [5.74, 6) is -0.988. The molecule has 0 fully saturated rings. The number of carbonyl (C=O) groups is 1. The Morgan fingerprint density at radius 2 is 2.21 bits per heavy atom. The molecule has 0 unspecified atom stereocenters. The van der Waals surface area contributed by atoms with Crippen molar-refractivity contribution in [2.75, 3.05) is 0 Å². The molecular formula is C9H10BrNO3. The molecule has 0 aromatic heterocycles. The van der Waals surface area contributed by atoms with Crippen molar-refractivity contribution in [2.45, 2.75) is 12.5 Å². The van der Waals surface area contributed by atoms with E-state index in [0.29, 0.717) is 10.0 Å². The van der Waals surface area contributed by atoms with Gasteiger partial charge < -0.3 is 15.9 Å². The first kappa shape index (κ1) is 11.0. The molecular weight excluding hydrogens is 250 g/mol. The van der Waals surface area contributed by atoms with Crippen LogP contribution < -0.4 is 5.73 Å². The molecule has 0 heterocycles. The fourth-order valence-electron chi connectivity index (χ4n) is 1.13. The van der Waals surface area contributed by atoms with Gasteiger partial charge in [-0.25, -0.2) is 0 Å². The number of halogens is 1. The summed E-state index contributed by atoms with van der Waals surface area (Å²) in [5.41, 5.74) is 6.04. The molecule has 0 saturated carbocycles. The highest BCUT2D eigenvalue weighted by Gasteiger charge is 2.15. The number of benzene rings is 1. The highest BCUT2D eigenvalue weighted by Crippen LogP contribution is 2.31. The van der Waals surface area contributed by atoms with Crippen LogP contribution in [0.25, 0.3) is 0 Å². The lowest BCUT2D eigenvalue weighted by molar-refractivity contribution is -0.137. The summed E-state index contributed by atoms with van der Waals surface area (Å²) in [4.78, 5) is 10.4. The molecule has 4 nitrogen and oxygen atoms in total. The van der Waals surface area contributed by atoms with Crippen molar-refractivity contribution in [3.8, 4) is 5.75 Å². The second-order valence-corrected chi connectivity index (χ2v) is 3.74. The van der Waals surface area contributed by atoms with E-state index in [9.17, 15) is 9.90 Å². The van der Waals surface area contributed by atoms with Crippen molar-refractivity contribution in [3.63, 3.8) is 0 Å². The SMILES string of the molecule is N[C@@H](CC(=O)O)c1cccc(Br)c1O. The van der Waals surface area contributed by atoms with Crippen LogP contribution in [0.1, 0.15) is 18.0 Å². The summed E-state index contributed by atoms with van der Waals surface area (Å²) in [6.45, 7) is 0. The van der Waals surface area contributed by atoms with Gasteiger partial charge in [0.05, 0.1) is 10.9 Å². The van der Waals surface area contributed by atoms with Crippen LogP contribution in [-0.2, 0) is 4.79 Å². The maximum absolute atomic E-state index is 10.4. The van der Waals surface area contributed by atoms with Crippen LogP contribution in [0.2, 0.25) is 0 Å². The van der Waals surface area contributed by atoms with Gasteiger partial charge >= 0.3 is 5.97 Å². The average molecular weight is 260 g/mol. The zero-order valence-electron chi connectivity index (χ0n) is 7.27. The molecule has 0 radical (unpaired) electrons. The Balaban J connectivity index is 2.95. The van der Waals surface area contributed by atoms with Crippen LogP contribution >= 0.6 is 15.9 Å². The van der Waals surface area contributed by atoms with Crippen LogP contribution in [0.3, 0.4) is 0 Å². The Labute approximate surface area is 89.5 Å². The highest BCUT2D eigenvalue weighted by atomic mass is 79.9. The minimum atomic E-state index is -0.989. The van der Waals surface area contributed by atoms with E-state index in [2.05, 4.69) is 15.9 Å². The maximum Gasteiger partial charge on any atom is 0.305 e. The molecule has 1 rings (SSSR count). The number of aromatic hydroxyl groups is 1. The number of rotatable bonds is 3. The molecule has 5 heteroatoms. The molecule has 1 atom stereocenters. The lowest BCUT2D eigenvalue weighted by Crippen LogP contribution is -2.15. The number of carboxylic acids is 1. The van der Waals surface area contributed by atoms with Gasteiger partial charge in [-0.1, -0.05) is 12.1 Å². The molecule has 76 valence electrons. The fourth-order valence-corrected chi connectivity index (χ4v) is 1.51. The molecule has 0 amide bonds. The number of carboxylic acid groups (broad SMARTS) is 1. The zero-order valence-corrected chi connectivity index (χ0v) is 8.86. The number of hydrogen-bond donors (Lipinski definition) is 3. The van der Waals surface area contributed by atoms with Crippen molar-refractivity contribution in [1.29, 1.82) is 0 Å². The number of phenols is 1. The Morgan fingerprint density at radius 1 is 1.57 bits per heavy atom. The topological polar surface area (TPSA) is 83.6 Å². The van der Waals surface area contributed by atoms with E-state index in [4.69, 9.17) is 10.8 Å². The van der Waals surface area contributed by atoms with Gasteiger partial charge in [0.2, 0.25) is 0 Å². The van der Waals surface area contributed by atoms with E-state index < -0.39 is 12.0 Å². The predicted molar refractivity (Wildman–Crippen MR) is 55.0 cm³/mol. The number of hydrogen-bond acceptors (Lipinski definition) is 3. The minimum absolute atomic E-state index is 0.00116. The third-order valence-electron chi connectivity index (χ3n) is 1.81. The molecule has 1 aromatic rings. The first-order valence-electron chi connectivity index (χ1n) is 3.97. The Hall–Kier alpha value is -1.07. The standard InChI is InChI=1S/C9H10BrNO3/c10-6-3-1-2-5(9(6)14)7(11)4-8(12)13/h1-3,7,14H,4,11H2,(H,12,13)/t7-/m0/s1. The normalized spacial score (nSPS) is 12.4. The van der Waals surface area contributed by atoms with E-state index in [0.717, 1.165) is 0 Å². The van der Waals surface area contributed by atoms with Crippen LogP contribution in [0, 0.1) is 0 Å². The monoisotopic (exact) mass is 259 g/mol. The van der Waals surface area contributed by atoms with Gasteiger partial charge in [-0.05, 0) is 22.0 Å². The second-order valence-electron chi connectivity index (χ2n) is 2.88. The molecule has 4 N–H and O–H groups in total. The van der Waals surface area contributed by atoms with Crippen molar-refractivity contribution >= 4 is 21.9 Å². The molecule has 0 aliphatic carbocycles. The van der Waals surface area contributed by atoms with Crippen molar-refractivity contribution in [2.24, 2.45) is 5.73 Å². The highest BCUT2D eigenvalue weighted by molar-refractivity contribution is 9.10. The summed E-state index contributed by atoms with van der Waals surface area (Å²) in [6.07, 6.45) is -0.204. The Bertz CT molecular complexity index is 354. The molecule has 0 aliphatic heterocycles. The molecule has 0 spiro atoms. The van der Waals surface area contributed by atoms with Crippen LogP contribution in [0.5, 0.6) is 5.75 Å². The van der Waals surface area contributed by atoms with Crippen molar-refractivity contribution in [1.82, 2.24) is 0 Å². The number of para-hydroxylation sites is 1. The smallest absolute Gasteiger partial charge is 0.305 e. The Morgan fingerprint density at radius 3 is 2.79 bits per heavy atom. The third-order valence-corrected chi connectivity index (χ3v) is 2.45. The number of phenolic OH excluding ortho intramolecular Hbond substituents is 1. The van der Waals surface area contributed by atoms with Crippen LogP contribution in [0.4, 0.5) is 0 Å². The van der Waals surface area contributed by atoms with E-state index in [1.54, 1.807) is 18.2 Å². The van der Waals surface area contributed by atoms with Gasteiger partial charge in [0.1, 0.15) is 5.75 Å². The third kappa shape index (κ3) is 2.46. The lowest BCUT2D eigenvalue weighted by Gasteiger charge is -2.11. The number of nitrogens with two attached hydrogens (primary N) is 1. The summed E-state index contributed by atoms with van der Waals surface area (Å²) in [7, 11) is 0. The van der Waals surface area contributed by atoms with E-state index in [1.807, 2.05) is 0 Å². The van der Waals surface area contributed by atoms with Gasteiger partial charge in [-0.3, -0.25) is 4.79 Å². The van der Waals surface area contributed by atoms with E-state index in [1.165, 1.54) is 0 Å². The van der Waals surface area contributed by atoms with E-state index >= 15 is 0 Å². The van der Waals surface area contributed by atoms with Crippen LogP contribution in [0.15, 0.2) is 22.7 Å². The zero-order chi connectivity index (χ0) is 10.7. The van der Waals surface area contributed by atoms with Crippen molar-refractivity contribution < 1.29 is 15.0 Å². The lowest BCUT2D eigenvalue weighted by atomic mass is 10.0. The molecule has 14 heavy (non-hydrogen) atoms. The first-order valence-corrected chi connectivity index (χ1v) is 4.76. The van der Waals surface area contributed by atoms with Crippen LogP contribution in [-0.4, -0.2) is 16.2 Å². The second kappa shape index (κ2) is 4.43. The largest absolute Gasteiger partial charge is 0.506 e. The summed E-state index contributed by atoms with van der Waals surface area (Å²) in [6, 6.07) is 4.27. The summed E-state index contributed by atoms with van der Waals surface area (Å²) in [5, 5.41) is 18.1. The van der Waals surface area contributed by atoms with Gasteiger partial charge in [-0.15, -0.1) is 0 Å². The average Bonchev–Trinajstić information content (AvgIpc) is 2.08. The molecule has 0 saturated heterocycles. The maximum atomic E-state index is 10.4.